The smallest absolute Gasteiger partial charge is 0.129 e. The van der Waals surface area contributed by atoms with Crippen molar-refractivity contribution in [1.29, 1.82) is 0 Å². The fraction of sp³-hybridized carbons (Fsp3) is 0.385. The first-order valence-electron chi connectivity index (χ1n) is 5.85. The fourth-order valence-corrected chi connectivity index (χ4v) is 4.25. The predicted octanol–water partition coefficient (Wildman–Crippen LogP) is 4.67. The van der Waals surface area contributed by atoms with Gasteiger partial charge < -0.3 is 10.1 Å². The summed E-state index contributed by atoms with van der Waals surface area (Å²) in [4.78, 5) is 2.63. The van der Waals surface area contributed by atoms with Gasteiger partial charge in [0.05, 0.1) is 16.9 Å². The zero-order chi connectivity index (χ0) is 13.0. The third kappa shape index (κ3) is 3.35. The molecule has 1 atom stereocenters. The van der Waals surface area contributed by atoms with Gasteiger partial charge in [0.2, 0.25) is 0 Å². The Kier molecular flexibility index (Phi) is 5.24. The van der Waals surface area contributed by atoms with E-state index in [1.807, 2.05) is 0 Å². The lowest BCUT2D eigenvalue weighted by Crippen LogP contribution is -2.21. The van der Waals surface area contributed by atoms with Crippen LogP contribution >= 0.6 is 38.6 Å². The lowest BCUT2D eigenvalue weighted by molar-refractivity contribution is 0.416. The number of hydrogen-bond acceptors (Lipinski definition) is 4. The molecule has 1 unspecified atom stereocenters. The van der Waals surface area contributed by atoms with Crippen LogP contribution in [0.4, 0.5) is 0 Å². The Morgan fingerprint density at radius 1 is 1.39 bits per heavy atom. The summed E-state index contributed by atoms with van der Waals surface area (Å²) in [6.45, 7) is 3.20. The predicted molar refractivity (Wildman–Crippen MR) is 83.0 cm³/mol. The fourth-order valence-electron chi connectivity index (χ4n) is 1.71. The summed E-state index contributed by atoms with van der Waals surface area (Å²) in [6.07, 6.45) is 1.13. The molecule has 2 heterocycles. The van der Waals surface area contributed by atoms with Crippen LogP contribution in [0.25, 0.3) is 0 Å². The van der Waals surface area contributed by atoms with E-state index in [-0.39, 0.29) is 6.04 Å². The van der Waals surface area contributed by atoms with Gasteiger partial charge in [-0.2, -0.15) is 0 Å². The molecule has 0 aliphatic rings. The summed E-state index contributed by atoms with van der Waals surface area (Å²) >= 11 is 7.05. The molecule has 0 saturated carbocycles. The lowest BCUT2D eigenvalue weighted by atomic mass is 10.2. The number of nitrogens with one attached hydrogen (secondary N) is 1. The third-order valence-corrected chi connectivity index (χ3v) is 5.26. The monoisotopic (exact) mass is 345 g/mol. The van der Waals surface area contributed by atoms with Crippen molar-refractivity contribution in [3.8, 4) is 5.75 Å². The average molecular weight is 346 g/mol. The second-order valence-electron chi connectivity index (χ2n) is 3.92. The number of methoxy groups -OCH3 is 1. The minimum absolute atomic E-state index is 0.273. The van der Waals surface area contributed by atoms with Crippen LogP contribution in [-0.2, 0) is 0 Å². The Hall–Kier alpha value is -0.360. The van der Waals surface area contributed by atoms with Crippen molar-refractivity contribution in [2.24, 2.45) is 0 Å². The summed E-state index contributed by atoms with van der Waals surface area (Å²) in [5, 5.41) is 5.65. The lowest BCUT2D eigenvalue weighted by Gasteiger charge is -2.15. The van der Waals surface area contributed by atoms with Gasteiger partial charge in [0.15, 0.2) is 0 Å². The highest BCUT2D eigenvalue weighted by molar-refractivity contribution is 9.11. The molecule has 0 spiro atoms. The molecule has 5 heteroatoms. The van der Waals surface area contributed by atoms with Gasteiger partial charge in [0, 0.05) is 15.1 Å². The highest BCUT2D eigenvalue weighted by atomic mass is 79.9. The maximum Gasteiger partial charge on any atom is 0.129 e. The molecular weight excluding hydrogens is 330 g/mol. The van der Waals surface area contributed by atoms with Crippen molar-refractivity contribution in [1.82, 2.24) is 5.32 Å². The summed E-state index contributed by atoms with van der Waals surface area (Å²) in [7, 11) is 1.71. The molecule has 2 nitrogen and oxygen atoms in total. The van der Waals surface area contributed by atoms with E-state index >= 15 is 0 Å². The van der Waals surface area contributed by atoms with Crippen LogP contribution in [0.15, 0.2) is 27.4 Å². The van der Waals surface area contributed by atoms with Crippen LogP contribution in [0, 0.1) is 0 Å². The summed E-state index contributed by atoms with van der Waals surface area (Å²) in [6, 6.07) is 6.67. The molecule has 0 saturated heterocycles. The molecule has 2 rings (SSSR count). The Labute approximate surface area is 124 Å². The van der Waals surface area contributed by atoms with E-state index in [2.05, 4.69) is 51.7 Å². The van der Waals surface area contributed by atoms with Gasteiger partial charge in [-0.15, -0.1) is 22.7 Å². The summed E-state index contributed by atoms with van der Waals surface area (Å²) in [5.74, 6) is 0.939. The standard InChI is InChI=1S/C13H16BrNOS2/c1-3-6-15-13(10-4-5-12(14)18-10)11-7-9(16-2)8-17-11/h4-5,7-8,13,15H,3,6H2,1-2H3. The maximum absolute atomic E-state index is 5.27. The molecule has 2 aromatic heterocycles. The van der Waals surface area contributed by atoms with E-state index in [4.69, 9.17) is 4.74 Å². The van der Waals surface area contributed by atoms with Crippen LogP contribution < -0.4 is 10.1 Å². The first-order valence-corrected chi connectivity index (χ1v) is 8.34. The Morgan fingerprint density at radius 2 is 2.22 bits per heavy atom. The summed E-state index contributed by atoms with van der Waals surface area (Å²) in [5.41, 5.74) is 0. The number of thiophene rings is 2. The second-order valence-corrected chi connectivity index (χ2v) is 7.36. The van der Waals surface area contributed by atoms with Gasteiger partial charge in [-0.05, 0) is 47.1 Å². The first-order chi connectivity index (χ1) is 8.74. The third-order valence-electron chi connectivity index (χ3n) is 2.59. The van der Waals surface area contributed by atoms with Crippen LogP contribution in [-0.4, -0.2) is 13.7 Å². The Balaban J connectivity index is 2.24. The maximum atomic E-state index is 5.27. The molecular formula is C13H16BrNOS2. The number of hydrogen-bond donors (Lipinski definition) is 1. The molecule has 0 radical (unpaired) electrons. The SMILES string of the molecule is CCCNC(c1cc(OC)cs1)c1ccc(Br)s1. The molecule has 0 bridgehead atoms. The molecule has 0 amide bonds. The van der Waals surface area contributed by atoms with Gasteiger partial charge >= 0.3 is 0 Å². The first kappa shape index (κ1) is 14.1. The van der Waals surface area contributed by atoms with Crippen molar-refractivity contribution in [2.45, 2.75) is 19.4 Å². The van der Waals surface area contributed by atoms with Crippen molar-refractivity contribution in [2.75, 3.05) is 13.7 Å². The van der Waals surface area contributed by atoms with Gasteiger partial charge in [-0.1, -0.05) is 6.92 Å². The molecule has 2 aromatic rings. The minimum atomic E-state index is 0.273. The highest BCUT2D eigenvalue weighted by Crippen LogP contribution is 2.35. The molecule has 0 aliphatic carbocycles. The topological polar surface area (TPSA) is 21.3 Å². The van der Waals surface area contributed by atoms with Crippen LogP contribution in [0.2, 0.25) is 0 Å². The zero-order valence-electron chi connectivity index (χ0n) is 10.4. The number of ether oxygens (including phenoxy) is 1. The van der Waals surface area contributed by atoms with Crippen molar-refractivity contribution < 1.29 is 4.74 Å². The van der Waals surface area contributed by atoms with Crippen LogP contribution in [0.5, 0.6) is 5.75 Å². The van der Waals surface area contributed by atoms with E-state index in [0.29, 0.717) is 0 Å². The van der Waals surface area contributed by atoms with E-state index < -0.39 is 0 Å². The Morgan fingerprint density at radius 3 is 2.78 bits per heavy atom. The molecule has 1 N–H and O–H groups in total. The number of halogens is 1. The largest absolute Gasteiger partial charge is 0.496 e. The van der Waals surface area contributed by atoms with Crippen molar-refractivity contribution in [3.05, 3.63) is 37.1 Å². The van der Waals surface area contributed by atoms with Gasteiger partial charge in [-0.3, -0.25) is 0 Å². The quantitative estimate of drug-likeness (QED) is 0.821. The molecule has 98 valence electrons. The van der Waals surface area contributed by atoms with E-state index in [9.17, 15) is 0 Å². The zero-order valence-corrected chi connectivity index (χ0v) is 13.6. The minimum Gasteiger partial charge on any atom is -0.496 e. The van der Waals surface area contributed by atoms with E-state index in [0.717, 1.165) is 18.7 Å². The molecule has 0 fully saturated rings. The number of rotatable bonds is 6. The highest BCUT2D eigenvalue weighted by Gasteiger charge is 2.17. The van der Waals surface area contributed by atoms with Gasteiger partial charge in [-0.25, -0.2) is 0 Å². The Bertz CT molecular complexity index is 495. The van der Waals surface area contributed by atoms with Crippen LogP contribution in [0.3, 0.4) is 0 Å². The average Bonchev–Trinajstić information content (AvgIpc) is 2.99. The normalized spacial score (nSPS) is 12.6. The van der Waals surface area contributed by atoms with Crippen molar-refractivity contribution in [3.63, 3.8) is 0 Å². The van der Waals surface area contributed by atoms with E-state index in [1.165, 1.54) is 13.5 Å². The second kappa shape index (κ2) is 6.70. The van der Waals surface area contributed by atoms with Gasteiger partial charge in [0.1, 0.15) is 5.75 Å². The molecule has 0 aromatic carbocycles. The van der Waals surface area contributed by atoms with E-state index in [1.54, 1.807) is 29.8 Å². The van der Waals surface area contributed by atoms with Crippen LogP contribution in [0.1, 0.15) is 29.1 Å². The molecule has 0 aliphatic heterocycles. The molecule has 18 heavy (non-hydrogen) atoms. The van der Waals surface area contributed by atoms with Crippen molar-refractivity contribution >= 4 is 38.6 Å². The summed E-state index contributed by atoms with van der Waals surface area (Å²) < 4.78 is 6.44. The van der Waals surface area contributed by atoms with Gasteiger partial charge in [0.25, 0.3) is 0 Å².